The molecule has 1 aliphatic rings. The molecule has 0 aromatic rings. The Morgan fingerprint density at radius 1 is 0.694 bits per heavy atom. The fraction of sp³-hybridized carbons (Fsp3) is 0.775. The lowest BCUT2D eigenvalue weighted by Crippen LogP contribution is -2.60. The van der Waals surface area contributed by atoms with Crippen molar-refractivity contribution in [3.05, 3.63) is 48.6 Å². The van der Waals surface area contributed by atoms with E-state index in [1.165, 1.54) is 57.8 Å². The zero-order valence-corrected chi connectivity index (χ0v) is 30.7. The molecule has 9 nitrogen and oxygen atoms in total. The number of nitrogens with one attached hydrogen (secondary N) is 1. The maximum Gasteiger partial charge on any atom is 0.220 e. The van der Waals surface area contributed by atoms with E-state index in [1.807, 2.05) is 6.08 Å². The maximum absolute atomic E-state index is 12.8. The molecule has 1 fully saturated rings. The van der Waals surface area contributed by atoms with E-state index in [0.717, 1.165) is 64.2 Å². The van der Waals surface area contributed by atoms with Gasteiger partial charge >= 0.3 is 0 Å². The Hall–Kier alpha value is -1.85. The van der Waals surface area contributed by atoms with Gasteiger partial charge in [-0.25, -0.2) is 0 Å². The smallest absolute Gasteiger partial charge is 0.220 e. The van der Waals surface area contributed by atoms with Crippen LogP contribution in [0.4, 0.5) is 0 Å². The highest BCUT2D eigenvalue weighted by atomic mass is 16.7. The molecule has 1 rings (SSSR count). The van der Waals surface area contributed by atoms with E-state index in [4.69, 9.17) is 9.47 Å². The number of amides is 1. The predicted octanol–water partition coefficient (Wildman–Crippen LogP) is 6.72. The molecule has 7 unspecified atom stereocenters. The first-order valence-corrected chi connectivity index (χ1v) is 19.4. The average molecular weight is 694 g/mol. The summed E-state index contributed by atoms with van der Waals surface area (Å²) in [5.41, 5.74) is 0. The molecule has 284 valence electrons. The number of aliphatic hydroxyl groups excluding tert-OH is 5. The normalized spacial score (nSPS) is 23.0. The van der Waals surface area contributed by atoms with Crippen LogP contribution in [0.2, 0.25) is 0 Å². The van der Waals surface area contributed by atoms with Gasteiger partial charge in [-0.1, -0.05) is 127 Å². The summed E-state index contributed by atoms with van der Waals surface area (Å²) in [6, 6.07) is -0.808. The van der Waals surface area contributed by atoms with Gasteiger partial charge in [0.15, 0.2) is 6.29 Å². The van der Waals surface area contributed by atoms with Gasteiger partial charge < -0.3 is 40.3 Å². The van der Waals surface area contributed by atoms with Crippen molar-refractivity contribution in [3.8, 4) is 0 Å². The zero-order valence-electron chi connectivity index (χ0n) is 30.7. The largest absolute Gasteiger partial charge is 0.394 e. The number of carbonyl (C=O) groups is 1. The highest BCUT2D eigenvalue weighted by Gasteiger charge is 2.44. The zero-order chi connectivity index (χ0) is 36.0. The Labute approximate surface area is 297 Å². The number of carbonyl (C=O) groups excluding carboxylic acids is 1. The van der Waals surface area contributed by atoms with Crippen molar-refractivity contribution in [1.82, 2.24) is 5.32 Å². The molecule has 0 saturated carbocycles. The predicted molar refractivity (Wildman–Crippen MR) is 198 cm³/mol. The van der Waals surface area contributed by atoms with Crippen LogP contribution in [-0.4, -0.2) is 87.5 Å². The van der Waals surface area contributed by atoms with Crippen molar-refractivity contribution in [2.24, 2.45) is 0 Å². The van der Waals surface area contributed by atoms with Crippen molar-refractivity contribution in [2.75, 3.05) is 13.2 Å². The second-order valence-electron chi connectivity index (χ2n) is 13.4. The lowest BCUT2D eigenvalue weighted by atomic mass is 9.99. The van der Waals surface area contributed by atoms with Gasteiger partial charge in [0, 0.05) is 6.42 Å². The average Bonchev–Trinajstić information content (AvgIpc) is 3.10. The summed E-state index contributed by atoms with van der Waals surface area (Å²) in [7, 11) is 0. The number of hydrogen-bond donors (Lipinski definition) is 6. The highest BCUT2D eigenvalue weighted by Crippen LogP contribution is 2.22. The number of allylic oxidation sites excluding steroid dienone is 7. The van der Waals surface area contributed by atoms with Gasteiger partial charge in [-0.05, 0) is 57.8 Å². The van der Waals surface area contributed by atoms with E-state index in [1.54, 1.807) is 6.08 Å². The van der Waals surface area contributed by atoms with Crippen molar-refractivity contribution in [2.45, 2.75) is 185 Å². The highest BCUT2D eigenvalue weighted by molar-refractivity contribution is 5.76. The van der Waals surface area contributed by atoms with Crippen LogP contribution in [0, 0.1) is 0 Å². The summed E-state index contributed by atoms with van der Waals surface area (Å²) in [6.07, 6.45) is 30.3. The number of aliphatic hydroxyl groups is 5. The Bertz CT molecular complexity index is 905. The van der Waals surface area contributed by atoms with E-state index in [0.29, 0.717) is 6.42 Å². The molecule has 1 saturated heterocycles. The van der Waals surface area contributed by atoms with Crippen LogP contribution < -0.4 is 5.32 Å². The van der Waals surface area contributed by atoms with Crippen LogP contribution in [0.1, 0.15) is 142 Å². The van der Waals surface area contributed by atoms with Gasteiger partial charge in [-0.3, -0.25) is 4.79 Å². The number of unbranched alkanes of at least 4 members (excludes halogenated alkanes) is 14. The van der Waals surface area contributed by atoms with Crippen molar-refractivity contribution in [1.29, 1.82) is 0 Å². The number of rotatable bonds is 30. The van der Waals surface area contributed by atoms with Gasteiger partial charge in [0.25, 0.3) is 0 Å². The summed E-state index contributed by atoms with van der Waals surface area (Å²) >= 11 is 0. The molecular weight excluding hydrogens is 622 g/mol. The second-order valence-corrected chi connectivity index (χ2v) is 13.4. The van der Waals surface area contributed by atoms with Crippen LogP contribution in [0.3, 0.4) is 0 Å². The Kier molecular flexibility index (Phi) is 28.5. The van der Waals surface area contributed by atoms with Gasteiger partial charge in [-0.15, -0.1) is 0 Å². The third-order valence-corrected chi connectivity index (χ3v) is 8.90. The first-order valence-electron chi connectivity index (χ1n) is 19.4. The number of hydrogen-bond acceptors (Lipinski definition) is 8. The SMILES string of the molecule is CCCCC/C=C\C/C=C\C/C=C\CCCCCCCCC(=O)NC(COC1OC(CO)C(O)C(O)C1O)C(O)/C=C/CCCCCCC. The quantitative estimate of drug-likeness (QED) is 0.0359. The fourth-order valence-corrected chi connectivity index (χ4v) is 5.69. The number of ether oxygens (including phenoxy) is 2. The molecule has 1 heterocycles. The lowest BCUT2D eigenvalue weighted by Gasteiger charge is -2.40. The van der Waals surface area contributed by atoms with Gasteiger partial charge in [0.1, 0.15) is 24.4 Å². The fourth-order valence-electron chi connectivity index (χ4n) is 5.69. The summed E-state index contributed by atoms with van der Waals surface area (Å²) < 4.78 is 11.1. The Morgan fingerprint density at radius 3 is 1.82 bits per heavy atom. The first kappa shape index (κ1) is 45.2. The maximum atomic E-state index is 12.8. The second kappa shape index (κ2) is 30.9. The molecule has 1 aliphatic heterocycles. The third-order valence-electron chi connectivity index (χ3n) is 8.90. The van der Waals surface area contributed by atoms with Crippen LogP contribution >= 0.6 is 0 Å². The van der Waals surface area contributed by atoms with E-state index in [2.05, 4.69) is 55.6 Å². The minimum atomic E-state index is -1.57. The summed E-state index contributed by atoms with van der Waals surface area (Å²) in [5, 5.41) is 53.7. The molecule has 0 aromatic carbocycles. The van der Waals surface area contributed by atoms with E-state index < -0.39 is 49.5 Å². The van der Waals surface area contributed by atoms with Gasteiger partial charge in [0.05, 0.1) is 25.4 Å². The van der Waals surface area contributed by atoms with Gasteiger partial charge in [0.2, 0.25) is 5.91 Å². The van der Waals surface area contributed by atoms with Crippen molar-refractivity contribution in [3.63, 3.8) is 0 Å². The van der Waals surface area contributed by atoms with Crippen molar-refractivity contribution < 1.29 is 39.8 Å². The molecule has 0 spiro atoms. The van der Waals surface area contributed by atoms with E-state index in [9.17, 15) is 30.3 Å². The van der Waals surface area contributed by atoms with Gasteiger partial charge in [-0.2, -0.15) is 0 Å². The molecule has 0 bridgehead atoms. The molecule has 9 heteroatoms. The molecule has 0 aliphatic carbocycles. The van der Waals surface area contributed by atoms with Crippen LogP contribution in [0.15, 0.2) is 48.6 Å². The topological polar surface area (TPSA) is 149 Å². The molecular formula is C40H71NO8. The minimum Gasteiger partial charge on any atom is -0.394 e. The van der Waals surface area contributed by atoms with E-state index in [-0.39, 0.29) is 12.5 Å². The standard InChI is InChI=1S/C40H71NO8/c1-3-5-7-9-11-12-13-14-15-16-17-18-19-20-21-22-24-26-28-30-36(44)41-33(34(43)29-27-25-23-10-8-6-4-2)32-48-40-39(47)38(46)37(45)35(31-42)49-40/h11-12,14-15,17-18,27,29,33-35,37-40,42-43,45-47H,3-10,13,16,19-26,28,30-32H2,1-2H3,(H,41,44)/b12-11-,15-14-,18-17-,29-27+. The van der Waals surface area contributed by atoms with Crippen LogP contribution in [-0.2, 0) is 14.3 Å². The molecule has 0 aromatic heterocycles. The van der Waals surface area contributed by atoms with E-state index >= 15 is 0 Å². The van der Waals surface area contributed by atoms with Crippen LogP contribution in [0.25, 0.3) is 0 Å². The Morgan fingerprint density at radius 2 is 1.20 bits per heavy atom. The summed E-state index contributed by atoms with van der Waals surface area (Å²) in [6.45, 7) is 3.64. The Balaban J connectivity index is 2.36. The third kappa shape index (κ3) is 22.6. The molecule has 1 amide bonds. The summed E-state index contributed by atoms with van der Waals surface area (Å²) in [5.74, 6) is -0.198. The molecule has 7 atom stereocenters. The minimum absolute atomic E-state index is 0.197. The summed E-state index contributed by atoms with van der Waals surface area (Å²) in [4.78, 5) is 12.8. The lowest BCUT2D eigenvalue weighted by molar-refractivity contribution is -0.302. The molecule has 0 radical (unpaired) electrons. The molecule has 49 heavy (non-hydrogen) atoms. The van der Waals surface area contributed by atoms with Crippen LogP contribution in [0.5, 0.6) is 0 Å². The monoisotopic (exact) mass is 694 g/mol. The first-order chi connectivity index (χ1) is 23.8. The van der Waals surface area contributed by atoms with Crippen molar-refractivity contribution >= 4 is 5.91 Å². The molecule has 6 N–H and O–H groups in total.